The maximum Gasteiger partial charge on any atom is 0.326 e. The molecule has 21 heavy (non-hydrogen) atoms. The van der Waals surface area contributed by atoms with Crippen LogP contribution in [-0.2, 0) is 11.2 Å². The van der Waals surface area contributed by atoms with E-state index in [9.17, 15) is 14.7 Å². The molecule has 3 N–H and O–H groups in total. The molecular formula is C15H22N2O3S. The predicted molar refractivity (Wildman–Crippen MR) is 85.7 cm³/mol. The van der Waals surface area contributed by atoms with E-state index in [-0.39, 0.29) is 0 Å². The highest BCUT2D eigenvalue weighted by atomic mass is 32.2. The van der Waals surface area contributed by atoms with Crippen molar-refractivity contribution in [3.05, 3.63) is 35.9 Å². The smallest absolute Gasteiger partial charge is 0.326 e. The molecule has 0 fully saturated rings. The molecule has 1 aromatic rings. The molecule has 0 aromatic heterocycles. The first kappa shape index (κ1) is 17.4. The van der Waals surface area contributed by atoms with Gasteiger partial charge in [0.1, 0.15) is 6.04 Å². The molecule has 0 aliphatic carbocycles. The summed E-state index contributed by atoms with van der Waals surface area (Å²) < 4.78 is 0. The summed E-state index contributed by atoms with van der Waals surface area (Å²) in [6.45, 7) is 2.51. The molecule has 116 valence electrons. The number of amides is 2. The second kappa shape index (κ2) is 9.28. The summed E-state index contributed by atoms with van der Waals surface area (Å²) in [4.78, 5) is 22.9. The van der Waals surface area contributed by atoms with Crippen molar-refractivity contribution in [2.75, 3.05) is 12.8 Å². The number of aliphatic carboxylic acids is 1. The quantitative estimate of drug-likeness (QED) is 0.687. The van der Waals surface area contributed by atoms with Gasteiger partial charge in [0.05, 0.1) is 0 Å². The number of hydrogen-bond donors (Lipinski definition) is 3. The van der Waals surface area contributed by atoms with Crippen LogP contribution in [0, 0.1) is 0 Å². The van der Waals surface area contributed by atoms with E-state index in [2.05, 4.69) is 10.6 Å². The monoisotopic (exact) mass is 310 g/mol. The Morgan fingerprint density at radius 2 is 1.95 bits per heavy atom. The van der Waals surface area contributed by atoms with E-state index < -0.39 is 18.0 Å². The van der Waals surface area contributed by atoms with Gasteiger partial charge in [0.25, 0.3) is 0 Å². The van der Waals surface area contributed by atoms with Crippen molar-refractivity contribution in [3.8, 4) is 0 Å². The van der Waals surface area contributed by atoms with Crippen molar-refractivity contribution in [1.29, 1.82) is 0 Å². The molecular weight excluding hydrogens is 288 g/mol. The number of rotatable bonds is 8. The maximum absolute atomic E-state index is 11.7. The van der Waals surface area contributed by atoms with E-state index in [1.54, 1.807) is 11.8 Å². The first-order chi connectivity index (χ1) is 10.0. The van der Waals surface area contributed by atoms with Gasteiger partial charge >= 0.3 is 12.0 Å². The lowest BCUT2D eigenvalue weighted by molar-refractivity contribution is -0.139. The number of hydrogen-bond acceptors (Lipinski definition) is 3. The number of nitrogens with one attached hydrogen (secondary N) is 2. The van der Waals surface area contributed by atoms with Gasteiger partial charge in [-0.2, -0.15) is 11.8 Å². The van der Waals surface area contributed by atoms with Gasteiger partial charge in [-0.1, -0.05) is 37.3 Å². The van der Waals surface area contributed by atoms with Crippen LogP contribution in [0.25, 0.3) is 0 Å². The number of aryl methyl sites for hydroxylation is 1. The van der Waals surface area contributed by atoms with Crippen LogP contribution in [0.3, 0.4) is 0 Å². The second-order valence-electron chi connectivity index (χ2n) is 4.82. The number of thioether (sulfide) groups is 1. The third kappa shape index (κ3) is 7.04. The fourth-order valence-corrected chi connectivity index (χ4v) is 1.99. The van der Waals surface area contributed by atoms with Gasteiger partial charge in [-0.3, -0.25) is 0 Å². The first-order valence-electron chi connectivity index (χ1n) is 6.86. The van der Waals surface area contributed by atoms with Gasteiger partial charge in [0.15, 0.2) is 0 Å². The highest BCUT2D eigenvalue weighted by Crippen LogP contribution is 2.06. The Balaban J connectivity index is 2.42. The number of benzene rings is 1. The molecule has 6 heteroatoms. The molecule has 0 bridgehead atoms. The number of carboxylic acid groups (broad SMARTS) is 1. The third-order valence-electron chi connectivity index (χ3n) is 3.12. The molecule has 0 saturated heterocycles. The predicted octanol–water partition coefficient (Wildman–Crippen LogP) is 2.12. The molecule has 1 unspecified atom stereocenters. The molecule has 1 rings (SSSR count). The Hall–Kier alpha value is -1.69. The molecule has 0 heterocycles. The molecule has 0 aliphatic rings. The van der Waals surface area contributed by atoms with Crippen molar-refractivity contribution in [2.45, 2.75) is 31.1 Å². The van der Waals surface area contributed by atoms with Crippen LogP contribution < -0.4 is 10.6 Å². The SMILES string of the molecule is CSC(C)CNC(=O)N[C@@H](CCc1ccccc1)C(=O)O. The topological polar surface area (TPSA) is 78.4 Å². The Labute approximate surface area is 129 Å². The molecule has 5 nitrogen and oxygen atoms in total. The first-order valence-corrected chi connectivity index (χ1v) is 8.15. The average Bonchev–Trinajstić information content (AvgIpc) is 2.49. The summed E-state index contributed by atoms with van der Waals surface area (Å²) in [5.41, 5.74) is 1.06. The number of carboxylic acids is 1. The Morgan fingerprint density at radius 3 is 2.52 bits per heavy atom. The zero-order valence-corrected chi connectivity index (χ0v) is 13.2. The molecule has 0 saturated carbocycles. The minimum atomic E-state index is -1.01. The van der Waals surface area contributed by atoms with E-state index in [1.165, 1.54) is 0 Å². The van der Waals surface area contributed by atoms with Gasteiger partial charge in [-0.15, -0.1) is 0 Å². The van der Waals surface area contributed by atoms with Gasteiger partial charge in [-0.05, 0) is 24.7 Å². The molecule has 0 spiro atoms. The minimum Gasteiger partial charge on any atom is -0.480 e. The Bertz CT molecular complexity index is 453. The van der Waals surface area contributed by atoms with Crippen molar-refractivity contribution in [2.24, 2.45) is 0 Å². The zero-order valence-electron chi connectivity index (χ0n) is 12.3. The highest BCUT2D eigenvalue weighted by Gasteiger charge is 2.19. The maximum atomic E-state index is 11.7. The van der Waals surface area contributed by atoms with Crippen molar-refractivity contribution >= 4 is 23.8 Å². The summed E-state index contributed by atoms with van der Waals surface area (Å²) in [5, 5.41) is 14.7. The number of urea groups is 1. The van der Waals surface area contributed by atoms with E-state index in [1.807, 2.05) is 43.5 Å². The number of carbonyl (C=O) groups is 2. The fourth-order valence-electron chi connectivity index (χ4n) is 1.74. The van der Waals surface area contributed by atoms with E-state index >= 15 is 0 Å². The summed E-state index contributed by atoms with van der Waals surface area (Å²) in [6, 6.07) is 8.31. The van der Waals surface area contributed by atoms with Gasteiger partial charge in [0.2, 0.25) is 0 Å². The van der Waals surface area contributed by atoms with Crippen LogP contribution in [0.2, 0.25) is 0 Å². The van der Waals surface area contributed by atoms with Gasteiger partial charge in [-0.25, -0.2) is 9.59 Å². The number of carbonyl (C=O) groups excluding carboxylic acids is 1. The normalized spacial score (nSPS) is 13.2. The fraction of sp³-hybridized carbons (Fsp3) is 0.467. The molecule has 2 amide bonds. The van der Waals surface area contributed by atoms with Crippen molar-refractivity contribution < 1.29 is 14.7 Å². The van der Waals surface area contributed by atoms with Crippen LogP contribution in [0.4, 0.5) is 4.79 Å². The highest BCUT2D eigenvalue weighted by molar-refractivity contribution is 7.99. The van der Waals surface area contributed by atoms with E-state index in [0.29, 0.717) is 24.6 Å². The summed E-state index contributed by atoms with van der Waals surface area (Å²) >= 11 is 1.64. The van der Waals surface area contributed by atoms with Crippen LogP contribution in [0.15, 0.2) is 30.3 Å². The van der Waals surface area contributed by atoms with Crippen LogP contribution in [0.1, 0.15) is 18.9 Å². The molecule has 0 aliphatic heterocycles. The minimum absolute atomic E-state index is 0.295. The summed E-state index contributed by atoms with van der Waals surface area (Å²) in [7, 11) is 0. The standard InChI is InChI=1S/C15H22N2O3S/c1-11(21-2)10-16-15(20)17-13(14(18)19)9-8-12-6-4-3-5-7-12/h3-7,11,13H,8-10H2,1-2H3,(H,18,19)(H2,16,17,20)/t11?,13-/m0/s1. The third-order valence-corrected chi connectivity index (χ3v) is 4.09. The van der Waals surface area contributed by atoms with E-state index in [0.717, 1.165) is 5.56 Å². The lowest BCUT2D eigenvalue weighted by Gasteiger charge is -2.16. The Morgan fingerprint density at radius 1 is 1.29 bits per heavy atom. The van der Waals surface area contributed by atoms with Crippen LogP contribution in [0.5, 0.6) is 0 Å². The van der Waals surface area contributed by atoms with E-state index in [4.69, 9.17) is 0 Å². The lowest BCUT2D eigenvalue weighted by atomic mass is 10.1. The second-order valence-corrected chi connectivity index (χ2v) is 6.09. The van der Waals surface area contributed by atoms with Crippen molar-refractivity contribution in [3.63, 3.8) is 0 Å². The van der Waals surface area contributed by atoms with Gasteiger partial charge < -0.3 is 15.7 Å². The molecule has 1 aromatic carbocycles. The molecule has 2 atom stereocenters. The van der Waals surface area contributed by atoms with Crippen LogP contribution >= 0.6 is 11.8 Å². The van der Waals surface area contributed by atoms with Crippen molar-refractivity contribution in [1.82, 2.24) is 10.6 Å². The van der Waals surface area contributed by atoms with Crippen LogP contribution in [-0.4, -0.2) is 41.2 Å². The zero-order chi connectivity index (χ0) is 15.7. The summed E-state index contributed by atoms with van der Waals surface area (Å²) in [6.07, 6.45) is 2.94. The lowest BCUT2D eigenvalue weighted by Crippen LogP contribution is -2.47. The Kier molecular flexibility index (Phi) is 7.68. The largest absolute Gasteiger partial charge is 0.480 e. The average molecular weight is 310 g/mol. The summed E-state index contributed by atoms with van der Waals surface area (Å²) in [5.74, 6) is -1.01. The van der Waals surface area contributed by atoms with Gasteiger partial charge in [0, 0.05) is 11.8 Å². The molecule has 0 radical (unpaired) electrons.